The van der Waals surface area contributed by atoms with Gasteiger partial charge < -0.3 is 26.8 Å². The van der Waals surface area contributed by atoms with Crippen LogP contribution in [0.3, 0.4) is 0 Å². The lowest BCUT2D eigenvalue weighted by Crippen LogP contribution is -2.49. The summed E-state index contributed by atoms with van der Waals surface area (Å²) in [6.07, 6.45) is -0.678. The van der Waals surface area contributed by atoms with Gasteiger partial charge in [-0.15, -0.1) is 0 Å². The Kier molecular flexibility index (Phi) is 7.78. The molecule has 3 amide bonds. The van der Waals surface area contributed by atoms with Crippen molar-refractivity contribution in [2.45, 2.75) is 44.8 Å². The zero-order valence-electron chi connectivity index (χ0n) is 18.7. The second kappa shape index (κ2) is 10.7. The summed E-state index contributed by atoms with van der Waals surface area (Å²) in [7, 11) is 0. The van der Waals surface area contributed by atoms with Crippen LogP contribution in [0.2, 0.25) is 0 Å². The van der Waals surface area contributed by atoms with E-state index in [0.29, 0.717) is 12.0 Å². The molecule has 33 heavy (non-hydrogen) atoms. The molecule has 0 spiro atoms. The molecule has 9 nitrogen and oxygen atoms in total. The van der Waals surface area contributed by atoms with Gasteiger partial charge in [-0.05, 0) is 37.3 Å². The maximum absolute atomic E-state index is 12.6. The minimum atomic E-state index is -1.36. The van der Waals surface area contributed by atoms with E-state index in [-0.39, 0.29) is 36.2 Å². The lowest BCUT2D eigenvalue weighted by molar-refractivity contribution is -0.129. The summed E-state index contributed by atoms with van der Waals surface area (Å²) in [4.78, 5) is 38.9. The molecule has 1 aliphatic heterocycles. The first kappa shape index (κ1) is 23.9. The van der Waals surface area contributed by atoms with Gasteiger partial charge in [-0.3, -0.25) is 9.59 Å². The fraction of sp³-hybridized carbons (Fsp3) is 0.333. The first-order chi connectivity index (χ1) is 15.7. The smallest absolute Gasteiger partial charge is 0.433 e. The summed E-state index contributed by atoms with van der Waals surface area (Å²) < 4.78 is 0. The first-order valence-electron chi connectivity index (χ1n) is 10.8. The van der Waals surface area contributed by atoms with E-state index in [1.165, 1.54) is 11.1 Å². The molecular weight excluding hydrogens is 422 g/mol. The highest BCUT2D eigenvalue weighted by Crippen LogP contribution is 2.26. The van der Waals surface area contributed by atoms with Crippen LogP contribution >= 0.6 is 0 Å². The largest absolute Gasteiger partial charge is 0.463 e. The number of nitrogens with one attached hydrogen (secondary N) is 3. The average molecular weight is 452 g/mol. The third-order valence-corrected chi connectivity index (χ3v) is 5.65. The Labute approximate surface area is 192 Å². The zero-order chi connectivity index (χ0) is 24.0. The molecule has 2 aromatic carbocycles. The highest BCUT2D eigenvalue weighted by molar-refractivity contribution is 6.02. The molecule has 174 valence electrons. The van der Waals surface area contributed by atoms with Crippen molar-refractivity contribution in [3.63, 3.8) is 0 Å². The van der Waals surface area contributed by atoms with E-state index in [9.17, 15) is 14.4 Å². The van der Waals surface area contributed by atoms with Crippen LogP contribution in [0.5, 0.6) is 0 Å². The number of carbonyl (C=O) groups excluding carboxylic acids is 2. The molecule has 6 N–H and O–H groups in total. The molecule has 0 bridgehead atoms. The molecule has 0 unspecified atom stereocenters. The van der Waals surface area contributed by atoms with Gasteiger partial charge in [0.1, 0.15) is 11.9 Å². The lowest BCUT2D eigenvalue weighted by Gasteiger charge is -2.17. The van der Waals surface area contributed by atoms with Crippen molar-refractivity contribution in [3.8, 4) is 0 Å². The number of rotatable bonds is 7. The Balaban J connectivity index is 1.46. The summed E-state index contributed by atoms with van der Waals surface area (Å²) in [5.41, 5.74) is 9.29. The van der Waals surface area contributed by atoms with E-state index in [0.717, 1.165) is 12.1 Å². The summed E-state index contributed by atoms with van der Waals surface area (Å²) in [6, 6.07) is 14.0. The molecule has 2 aromatic rings. The number of carboxylic acid groups (broad SMARTS) is 1. The van der Waals surface area contributed by atoms with Crippen molar-refractivity contribution in [2.24, 2.45) is 10.7 Å². The number of benzene rings is 2. The van der Waals surface area contributed by atoms with Crippen LogP contribution in [0, 0.1) is 6.92 Å². The Hall–Kier alpha value is -3.72. The van der Waals surface area contributed by atoms with Crippen LogP contribution in [-0.2, 0) is 16.1 Å². The van der Waals surface area contributed by atoms with E-state index in [2.05, 4.69) is 33.1 Å². The standard InChI is InChI=1S/C24H29N5O4/c1-14-4-3-5-18(10-14)19-11-20(26-13-19)23(31)28-15(2)22(30)27-12-16-6-8-17(9-7-16)21(25)29-24(32)33/h3-10,15,19-20,26H,11-13H2,1-2H3,(H2,25,29)(H,27,30)(H,28,31)(H,32,33)/t15-,19+,20+/m0/s1. The molecule has 0 aromatic heterocycles. The van der Waals surface area contributed by atoms with Crippen molar-refractivity contribution in [1.29, 1.82) is 0 Å². The zero-order valence-corrected chi connectivity index (χ0v) is 18.7. The Morgan fingerprint density at radius 1 is 1.21 bits per heavy atom. The van der Waals surface area contributed by atoms with Crippen LogP contribution < -0.4 is 21.7 Å². The maximum atomic E-state index is 12.6. The second-order valence-corrected chi connectivity index (χ2v) is 8.23. The number of carbonyl (C=O) groups is 3. The Morgan fingerprint density at radius 3 is 2.61 bits per heavy atom. The van der Waals surface area contributed by atoms with Gasteiger partial charge in [-0.25, -0.2) is 4.79 Å². The molecule has 1 heterocycles. The van der Waals surface area contributed by atoms with Crippen molar-refractivity contribution in [1.82, 2.24) is 16.0 Å². The first-order valence-corrected chi connectivity index (χ1v) is 10.8. The van der Waals surface area contributed by atoms with Gasteiger partial charge in [-0.2, -0.15) is 4.99 Å². The van der Waals surface area contributed by atoms with E-state index >= 15 is 0 Å². The third-order valence-electron chi connectivity index (χ3n) is 5.65. The van der Waals surface area contributed by atoms with Crippen LogP contribution in [0.25, 0.3) is 0 Å². The van der Waals surface area contributed by atoms with Gasteiger partial charge in [0.2, 0.25) is 11.8 Å². The second-order valence-electron chi connectivity index (χ2n) is 8.23. The van der Waals surface area contributed by atoms with Crippen molar-refractivity contribution in [2.75, 3.05) is 6.54 Å². The van der Waals surface area contributed by atoms with Crippen LogP contribution in [-0.4, -0.2) is 47.5 Å². The topological polar surface area (TPSA) is 146 Å². The molecular formula is C24H29N5O4. The molecule has 0 radical (unpaired) electrons. The van der Waals surface area contributed by atoms with Crippen molar-refractivity contribution < 1.29 is 19.5 Å². The number of nitrogens with zero attached hydrogens (tertiary/aromatic N) is 1. The summed E-state index contributed by atoms with van der Waals surface area (Å²) in [5, 5.41) is 17.5. The van der Waals surface area contributed by atoms with Crippen LogP contribution in [0.1, 0.15) is 41.5 Å². The summed E-state index contributed by atoms with van der Waals surface area (Å²) >= 11 is 0. The third kappa shape index (κ3) is 6.63. The average Bonchev–Trinajstić information content (AvgIpc) is 3.28. The van der Waals surface area contributed by atoms with E-state index < -0.39 is 12.1 Å². The normalized spacial score (nSPS) is 19.0. The highest BCUT2D eigenvalue weighted by Gasteiger charge is 2.31. The van der Waals surface area contributed by atoms with E-state index in [1.54, 1.807) is 31.2 Å². The van der Waals surface area contributed by atoms with Crippen LogP contribution in [0.4, 0.5) is 4.79 Å². The number of nitrogens with two attached hydrogens (primary N) is 1. The number of aryl methyl sites for hydroxylation is 1. The predicted octanol–water partition coefficient (Wildman–Crippen LogP) is 1.64. The molecule has 3 rings (SSSR count). The minimum Gasteiger partial charge on any atom is -0.463 e. The highest BCUT2D eigenvalue weighted by atomic mass is 16.4. The van der Waals surface area contributed by atoms with E-state index in [1.807, 2.05) is 19.1 Å². The van der Waals surface area contributed by atoms with Gasteiger partial charge in [0.25, 0.3) is 0 Å². The molecule has 9 heteroatoms. The fourth-order valence-corrected chi connectivity index (χ4v) is 3.80. The molecule has 1 saturated heterocycles. The predicted molar refractivity (Wildman–Crippen MR) is 125 cm³/mol. The SMILES string of the molecule is Cc1cccc([C@H]2CN[C@@H](C(=O)N[C@@H](C)C(=O)NCc3ccc(/C(N)=N/C(=O)O)cc3)C2)c1. The summed E-state index contributed by atoms with van der Waals surface area (Å²) in [5.74, 6) is -0.320. The van der Waals surface area contributed by atoms with Crippen molar-refractivity contribution in [3.05, 3.63) is 70.8 Å². The Morgan fingerprint density at radius 2 is 1.94 bits per heavy atom. The number of amidine groups is 1. The van der Waals surface area contributed by atoms with E-state index in [4.69, 9.17) is 10.8 Å². The number of aliphatic imine (C=N–C) groups is 1. The van der Waals surface area contributed by atoms with Crippen LogP contribution in [0.15, 0.2) is 53.5 Å². The quantitative estimate of drug-likeness (QED) is 0.320. The monoisotopic (exact) mass is 451 g/mol. The number of amides is 3. The molecule has 1 fully saturated rings. The number of hydrogen-bond donors (Lipinski definition) is 5. The maximum Gasteiger partial charge on any atom is 0.433 e. The molecule has 0 aliphatic carbocycles. The van der Waals surface area contributed by atoms with Gasteiger partial charge in [0.15, 0.2) is 0 Å². The lowest BCUT2D eigenvalue weighted by atomic mass is 9.95. The van der Waals surface area contributed by atoms with Gasteiger partial charge in [-0.1, -0.05) is 54.1 Å². The summed E-state index contributed by atoms with van der Waals surface area (Å²) in [6.45, 7) is 4.67. The molecule has 0 saturated carbocycles. The Bertz CT molecular complexity index is 1050. The molecule has 3 atom stereocenters. The van der Waals surface area contributed by atoms with Gasteiger partial charge in [0, 0.05) is 18.7 Å². The minimum absolute atomic E-state index is 0.0976. The van der Waals surface area contributed by atoms with Gasteiger partial charge >= 0.3 is 6.09 Å². The van der Waals surface area contributed by atoms with Gasteiger partial charge in [0.05, 0.1) is 6.04 Å². The van der Waals surface area contributed by atoms with Crippen molar-refractivity contribution >= 4 is 23.7 Å². The molecule has 1 aliphatic rings. The number of hydrogen-bond acceptors (Lipinski definition) is 4. The fourth-order valence-electron chi connectivity index (χ4n) is 3.80.